The predicted molar refractivity (Wildman–Crippen MR) is 128 cm³/mol. The van der Waals surface area contributed by atoms with E-state index < -0.39 is 0 Å². The molecule has 0 aliphatic heterocycles. The molecular formula is C27H28N2O3. The second kappa shape index (κ2) is 9.27. The van der Waals surface area contributed by atoms with Crippen molar-refractivity contribution >= 4 is 22.7 Å². The van der Waals surface area contributed by atoms with E-state index in [1.807, 2.05) is 42.5 Å². The number of anilines is 1. The molecule has 0 aliphatic rings. The zero-order valence-corrected chi connectivity index (χ0v) is 18.9. The minimum absolute atomic E-state index is 0.170. The van der Waals surface area contributed by atoms with Crippen LogP contribution in [0, 0.1) is 5.92 Å². The molecule has 32 heavy (non-hydrogen) atoms. The number of ether oxygens (including phenoxy) is 1. The molecule has 4 rings (SSSR count). The normalized spacial score (nSPS) is 11.3. The quantitative estimate of drug-likeness (QED) is 0.347. The summed E-state index contributed by atoms with van der Waals surface area (Å²) in [6.45, 7) is 9.16. The Kier molecular flexibility index (Phi) is 6.26. The topological polar surface area (TPSA) is 64.4 Å². The maximum absolute atomic E-state index is 12.6. The molecule has 0 fully saturated rings. The van der Waals surface area contributed by atoms with Gasteiger partial charge in [-0.2, -0.15) is 0 Å². The Balaban J connectivity index is 1.43. The number of nitrogens with zero attached hydrogens (tertiary/aromatic N) is 1. The summed E-state index contributed by atoms with van der Waals surface area (Å²) in [6.07, 6.45) is 0. The summed E-state index contributed by atoms with van der Waals surface area (Å²) >= 11 is 0. The average Bonchev–Trinajstić information content (AvgIpc) is 3.22. The monoisotopic (exact) mass is 428 g/mol. The fourth-order valence-corrected chi connectivity index (χ4v) is 3.29. The van der Waals surface area contributed by atoms with Gasteiger partial charge in [0, 0.05) is 16.8 Å². The second-order valence-corrected chi connectivity index (χ2v) is 8.66. The number of nitrogens with one attached hydrogen (secondary N) is 1. The van der Waals surface area contributed by atoms with E-state index in [9.17, 15) is 4.79 Å². The van der Waals surface area contributed by atoms with E-state index in [1.54, 1.807) is 12.1 Å². The summed E-state index contributed by atoms with van der Waals surface area (Å²) in [7, 11) is 0. The number of hydrogen-bond acceptors (Lipinski definition) is 4. The minimum atomic E-state index is -0.170. The van der Waals surface area contributed by atoms with Crippen molar-refractivity contribution in [3.05, 3.63) is 77.9 Å². The molecule has 1 N–H and O–H groups in total. The summed E-state index contributed by atoms with van der Waals surface area (Å²) in [6, 6.07) is 20.8. The number of rotatable bonds is 7. The van der Waals surface area contributed by atoms with E-state index in [-0.39, 0.29) is 5.91 Å². The number of fused-ring (bicyclic) bond motifs is 1. The molecule has 1 heterocycles. The van der Waals surface area contributed by atoms with Crippen LogP contribution < -0.4 is 10.1 Å². The third-order valence-electron chi connectivity index (χ3n) is 5.17. The lowest BCUT2D eigenvalue weighted by Gasteiger charge is -2.09. The number of benzene rings is 3. The molecule has 1 aromatic heterocycles. The van der Waals surface area contributed by atoms with Gasteiger partial charge in [-0.05, 0) is 78.1 Å². The zero-order valence-electron chi connectivity index (χ0n) is 18.9. The number of carbonyl (C=O) groups excluding carboxylic acids is 1. The number of hydrogen-bond donors (Lipinski definition) is 1. The van der Waals surface area contributed by atoms with Gasteiger partial charge in [0.25, 0.3) is 5.91 Å². The van der Waals surface area contributed by atoms with Crippen LogP contribution in [-0.4, -0.2) is 17.5 Å². The van der Waals surface area contributed by atoms with Crippen molar-refractivity contribution in [3.8, 4) is 17.2 Å². The third-order valence-corrected chi connectivity index (χ3v) is 5.17. The molecule has 0 unspecified atom stereocenters. The first-order valence-electron chi connectivity index (χ1n) is 10.9. The van der Waals surface area contributed by atoms with E-state index in [0.29, 0.717) is 35.6 Å². The Hall–Kier alpha value is -3.60. The summed E-state index contributed by atoms with van der Waals surface area (Å²) in [4.78, 5) is 17.2. The first kappa shape index (κ1) is 21.6. The lowest BCUT2D eigenvalue weighted by molar-refractivity contribution is 0.102. The standard InChI is InChI=1S/C27H28N2O3/c1-17(2)16-31-23-12-7-19(8-13-23)26(30)28-22-10-5-20(6-11-22)27-29-24-15-21(18(3)4)9-14-25(24)32-27/h5-15,17-18H,16H2,1-4H3,(H,28,30). The van der Waals surface area contributed by atoms with Crippen LogP contribution >= 0.6 is 0 Å². The average molecular weight is 429 g/mol. The summed E-state index contributed by atoms with van der Waals surface area (Å²) in [5.41, 5.74) is 4.99. The smallest absolute Gasteiger partial charge is 0.255 e. The Labute approximate surface area is 188 Å². The van der Waals surface area contributed by atoms with Gasteiger partial charge in [-0.1, -0.05) is 33.8 Å². The minimum Gasteiger partial charge on any atom is -0.493 e. The summed E-state index contributed by atoms with van der Waals surface area (Å²) in [5.74, 6) is 2.05. The number of aromatic nitrogens is 1. The molecule has 0 bridgehead atoms. The predicted octanol–water partition coefficient (Wildman–Crippen LogP) is 6.91. The van der Waals surface area contributed by atoms with Gasteiger partial charge in [-0.3, -0.25) is 4.79 Å². The molecule has 164 valence electrons. The van der Waals surface area contributed by atoms with Crippen molar-refractivity contribution in [1.29, 1.82) is 0 Å². The Morgan fingerprint density at radius 3 is 2.34 bits per heavy atom. The Bertz CT molecular complexity index is 1210. The van der Waals surface area contributed by atoms with Gasteiger partial charge in [0.1, 0.15) is 11.3 Å². The van der Waals surface area contributed by atoms with E-state index in [1.165, 1.54) is 5.56 Å². The van der Waals surface area contributed by atoms with Crippen LogP contribution in [-0.2, 0) is 0 Å². The summed E-state index contributed by atoms with van der Waals surface area (Å²) < 4.78 is 11.6. The first-order chi connectivity index (χ1) is 15.4. The van der Waals surface area contributed by atoms with Crippen LogP contribution in [0.5, 0.6) is 5.75 Å². The molecule has 0 radical (unpaired) electrons. The highest BCUT2D eigenvalue weighted by atomic mass is 16.5. The molecule has 0 atom stereocenters. The van der Waals surface area contributed by atoms with Gasteiger partial charge in [-0.25, -0.2) is 4.98 Å². The number of oxazole rings is 1. The van der Waals surface area contributed by atoms with Crippen molar-refractivity contribution in [2.45, 2.75) is 33.6 Å². The number of carbonyl (C=O) groups is 1. The fourth-order valence-electron chi connectivity index (χ4n) is 3.29. The molecule has 4 aromatic rings. The van der Waals surface area contributed by atoms with Gasteiger partial charge in [-0.15, -0.1) is 0 Å². The third kappa shape index (κ3) is 4.99. The molecule has 0 spiro atoms. The zero-order chi connectivity index (χ0) is 22.7. The van der Waals surface area contributed by atoms with E-state index in [0.717, 1.165) is 22.4 Å². The largest absolute Gasteiger partial charge is 0.493 e. The van der Waals surface area contributed by atoms with Gasteiger partial charge in [0.2, 0.25) is 5.89 Å². The van der Waals surface area contributed by atoms with E-state index >= 15 is 0 Å². The van der Waals surface area contributed by atoms with E-state index in [2.05, 4.69) is 50.1 Å². The number of amides is 1. The highest BCUT2D eigenvalue weighted by Gasteiger charge is 2.11. The van der Waals surface area contributed by atoms with Gasteiger partial charge < -0.3 is 14.5 Å². The van der Waals surface area contributed by atoms with Crippen molar-refractivity contribution in [2.75, 3.05) is 11.9 Å². The van der Waals surface area contributed by atoms with Gasteiger partial charge in [0.05, 0.1) is 6.61 Å². The maximum atomic E-state index is 12.6. The van der Waals surface area contributed by atoms with Crippen molar-refractivity contribution in [2.24, 2.45) is 5.92 Å². The maximum Gasteiger partial charge on any atom is 0.255 e. The molecular weight excluding hydrogens is 400 g/mol. The van der Waals surface area contributed by atoms with Gasteiger partial charge >= 0.3 is 0 Å². The van der Waals surface area contributed by atoms with Gasteiger partial charge in [0.15, 0.2) is 5.58 Å². The molecule has 1 amide bonds. The van der Waals surface area contributed by atoms with E-state index in [4.69, 9.17) is 9.15 Å². The van der Waals surface area contributed by atoms with Crippen LogP contribution in [0.2, 0.25) is 0 Å². The molecule has 5 nitrogen and oxygen atoms in total. The Morgan fingerprint density at radius 1 is 0.969 bits per heavy atom. The second-order valence-electron chi connectivity index (χ2n) is 8.66. The van der Waals surface area contributed by atoms with Crippen molar-refractivity contribution in [3.63, 3.8) is 0 Å². The lowest BCUT2D eigenvalue weighted by atomic mass is 10.0. The SMILES string of the molecule is CC(C)COc1ccc(C(=O)Nc2ccc(-c3nc4cc(C(C)C)ccc4o3)cc2)cc1. The van der Waals surface area contributed by atoms with Crippen LogP contribution in [0.15, 0.2) is 71.1 Å². The van der Waals surface area contributed by atoms with Crippen LogP contribution in [0.1, 0.15) is 49.5 Å². The van der Waals surface area contributed by atoms with Crippen molar-refractivity contribution < 1.29 is 13.9 Å². The molecule has 5 heteroatoms. The highest BCUT2D eigenvalue weighted by Crippen LogP contribution is 2.28. The molecule has 0 saturated carbocycles. The van der Waals surface area contributed by atoms with Crippen molar-refractivity contribution in [1.82, 2.24) is 4.98 Å². The van der Waals surface area contributed by atoms with Crippen LogP contribution in [0.4, 0.5) is 5.69 Å². The fraction of sp³-hybridized carbons (Fsp3) is 0.259. The Morgan fingerprint density at radius 2 is 1.69 bits per heavy atom. The molecule has 0 saturated heterocycles. The highest BCUT2D eigenvalue weighted by molar-refractivity contribution is 6.04. The van der Waals surface area contributed by atoms with Crippen LogP contribution in [0.3, 0.4) is 0 Å². The summed E-state index contributed by atoms with van der Waals surface area (Å²) in [5, 5.41) is 2.92. The molecule has 0 aliphatic carbocycles. The first-order valence-corrected chi connectivity index (χ1v) is 10.9. The molecule has 3 aromatic carbocycles. The van der Waals surface area contributed by atoms with Crippen LogP contribution in [0.25, 0.3) is 22.6 Å². The lowest BCUT2D eigenvalue weighted by Crippen LogP contribution is -2.11.